The first-order valence-corrected chi connectivity index (χ1v) is 9.99. The average molecular weight is 391 g/mol. The third-order valence-electron chi connectivity index (χ3n) is 5.09. The number of imidazole rings is 1. The summed E-state index contributed by atoms with van der Waals surface area (Å²) in [5, 5.41) is 0. The van der Waals surface area contributed by atoms with Gasteiger partial charge in [-0.05, 0) is 42.0 Å². The van der Waals surface area contributed by atoms with Gasteiger partial charge in [-0.1, -0.05) is 42.5 Å². The van der Waals surface area contributed by atoms with E-state index < -0.39 is 0 Å². The summed E-state index contributed by atoms with van der Waals surface area (Å²) in [5.74, 6) is -0.299. The Morgan fingerprint density at radius 1 is 1.28 bits per heavy atom. The number of carbonyl (C=O) groups excluding carboxylic acids is 1. The lowest BCUT2D eigenvalue weighted by atomic mass is 9.96. The molecule has 1 amide bonds. The Hall–Kier alpha value is -2.96. The van der Waals surface area contributed by atoms with Crippen molar-refractivity contribution < 1.29 is 14.4 Å². The quantitative estimate of drug-likeness (QED) is 0.596. The summed E-state index contributed by atoms with van der Waals surface area (Å²) in [6, 6.07) is 8.46. The van der Waals surface area contributed by atoms with Crippen molar-refractivity contribution in [1.82, 2.24) is 15.0 Å². The third kappa shape index (κ3) is 5.31. The van der Waals surface area contributed by atoms with E-state index in [2.05, 4.69) is 45.4 Å². The smallest absolute Gasteiger partial charge is 0.267 e. The van der Waals surface area contributed by atoms with Gasteiger partial charge in [-0.25, -0.2) is 15.3 Å². The Kier molecular flexibility index (Phi) is 6.34. The lowest BCUT2D eigenvalue weighted by molar-refractivity contribution is -0.198. The summed E-state index contributed by atoms with van der Waals surface area (Å²) in [6.45, 7) is 0.679. The van der Waals surface area contributed by atoms with Gasteiger partial charge in [-0.3, -0.25) is 4.79 Å². The number of allylic oxidation sites excluding steroid dienone is 4. The molecule has 2 aliphatic rings. The second-order valence-corrected chi connectivity index (χ2v) is 7.17. The molecule has 0 saturated carbocycles. The summed E-state index contributed by atoms with van der Waals surface area (Å²) in [6.07, 6.45) is 19.0. The molecule has 2 unspecified atom stereocenters. The molecule has 1 fully saturated rings. The number of ether oxygens (including phenoxy) is 1. The van der Waals surface area contributed by atoms with Crippen LogP contribution >= 0.6 is 0 Å². The second-order valence-electron chi connectivity index (χ2n) is 7.17. The molecule has 1 aliphatic carbocycles. The summed E-state index contributed by atoms with van der Waals surface area (Å²) in [5.41, 5.74) is 5.74. The zero-order valence-electron chi connectivity index (χ0n) is 16.2. The van der Waals surface area contributed by atoms with E-state index in [1.165, 1.54) is 11.6 Å². The van der Waals surface area contributed by atoms with E-state index in [0.29, 0.717) is 12.6 Å². The van der Waals surface area contributed by atoms with Crippen LogP contribution in [0.4, 0.5) is 0 Å². The maximum Gasteiger partial charge on any atom is 0.267 e. The minimum atomic E-state index is -0.342. The van der Waals surface area contributed by atoms with E-state index in [0.717, 1.165) is 36.8 Å². The Morgan fingerprint density at radius 3 is 2.86 bits per heavy atom. The molecule has 1 aliphatic heterocycles. The van der Waals surface area contributed by atoms with Crippen molar-refractivity contribution in [3.63, 3.8) is 0 Å². The number of amides is 1. The molecule has 1 N–H and O–H groups in total. The van der Waals surface area contributed by atoms with E-state index in [1.807, 2.05) is 24.7 Å². The Labute approximate surface area is 170 Å². The van der Waals surface area contributed by atoms with Crippen molar-refractivity contribution in [2.24, 2.45) is 0 Å². The maximum absolute atomic E-state index is 11.9. The highest BCUT2D eigenvalue weighted by Gasteiger charge is 2.15. The molecular weight excluding hydrogens is 366 g/mol. The molecule has 0 spiro atoms. The highest BCUT2D eigenvalue weighted by atomic mass is 16.8. The Morgan fingerprint density at radius 2 is 2.17 bits per heavy atom. The molecule has 29 heavy (non-hydrogen) atoms. The van der Waals surface area contributed by atoms with Crippen molar-refractivity contribution in [1.29, 1.82) is 0 Å². The number of nitrogens with zero attached hydrogens (tertiary/aromatic N) is 2. The van der Waals surface area contributed by atoms with Gasteiger partial charge in [0.2, 0.25) is 0 Å². The topological polar surface area (TPSA) is 65.4 Å². The standard InChI is InChI=1S/C23H25N3O3/c27-22(25-29-23-3-1-2-16-28-23)13-6-18-4-7-19(8-5-18)20-9-11-21(12-10-20)26-15-14-24-17-26/h4-11,13-15,17,21,23H,1-3,12,16H2,(H,25,27)/b13-6+. The molecule has 0 radical (unpaired) electrons. The van der Waals surface area contributed by atoms with Gasteiger partial charge in [0, 0.05) is 31.5 Å². The van der Waals surface area contributed by atoms with Crippen LogP contribution in [0.2, 0.25) is 0 Å². The van der Waals surface area contributed by atoms with Gasteiger partial charge in [-0.2, -0.15) is 0 Å². The average Bonchev–Trinajstić information content (AvgIpc) is 3.32. The number of rotatable bonds is 6. The lowest BCUT2D eigenvalue weighted by Gasteiger charge is -2.21. The van der Waals surface area contributed by atoms with Crippen LogP contribution in [0.5, 0.6) is 0 Å². The minimum Gasteiger partial charge on any atom is -0.350 e. The van der Waals surface area contributed by atoms with E-state index in [-0.39, 0.29) is 12.2 Å². The zero-order valence-corrected chi connectivity index (χ0v) is 16.2. The number of hydrogen-bond donors (Lipinski definition) is 1. The van der Waals surface area contributed by atoms with Crippen molar-refractivity contribution >= 4 is 17.6 Å². The van der Waals surface area contributed by atoms with Gasteiger partial charge < -0.3 is 9.30 Å². The highest BCUT2D eigenvalue weighted by Crippen LogP contribution is 2.27. The molecule has 150 valence electrons. The normalized spacial score (nSPS) is 21.9. The van der Waals surface area contributed by atoms with Gasteiger partial charge in [-0.15, -0.1) is 0 Å². The van der Waals surface area contributed by atoms with Crippen LogP contribution < -0.4 is 5.48 Å². The molecule has 4 rings (SSSR count). The number of aromatic nitrogens is 2. The number of carbonyl (C=O) groups is 1. The van der Waals surface area contributed by atoms with Gasteiger partial charge in [0.15, 0.2) is 6.29 Å². The summed E-state index contributed by atoms with van der Waals surface area (Å²) in [7, 11) is 0. The molecule has 0 bridgehead atoms. The summed E-state index contributed by atoms with van der Waals surface area (Å²) in [4.78, 5) is 21.3. The Balaban J connectivity index is 1.28. The number of benzene rings is 1. The zero-order chi connectivity index (χ0) is 19.9. The first-order valence-electron chi connectivity index (χ1n) is 9.99. The number of nitrogens with one attached hydrogen (secondary N) is 1. The van der Waals surface area contributed by atoms with E-state index >= 15 is 0 Å². The molecule has 6 nitrogen and oxygen atoms in total. The van der Waals surface area contributed by atoms with Crippen molar-refractivity contribution in [2.75, 3.05) is 6.61 Å². The van der Waals surface area contributed by atoms with Crippen molar-refractivity contribution in [2.45, 2.75) is 38.0 Å². The highest BCUT2D eigenvalue weighted by molar-refractivity contribution is 5.91. The van der Waals surface area contributed by atoms with E-state index in [9.17, 15) is 4.79 Å². The molecule has 2 heterocycles. The number of hydrogen-bond acceptors (Lipinski definition) is 4. The van der Waals surface area contributed by atoms with Crippen molar-refractivity contribution in [3.8, 4) is 0 Å². The minimum absolute atomic E-state index is 0.299. The predicted molar refractivity (Wildman–Crippen MR) is 111 cm³/mol. The maximum atomic E-state index is 11.9. The first kappa shape index (κ1) is 19.4. The fourth-order valence-electron chi connectivity index (χ4n) is 3.43. The summed E-state index contributed by atoms with van der Waals surface area (Å²) >= 11 is 0. The van der Waals surface area contributed by atoms with Crippen LogP contribution in [-0.2, 0) is 14.4 Å². The summed E-state index contributed by atoms with van der Waals surface area (Å²) < 4.78 is 7.52. The van der Waals surface area contributed by atoms with Gasteiger partial charge in [0.25, 0.3) is 5.91 Å². The van der Waals surface area contributed by atoms with Crippen LogP contribution in [0.3, 0.4) is 0 Å². The fraction of sp³-hybridized carbons (Fsp3) is 0.304. The van der Waals surface area contributed by atoms with Gasteiger partial charge in [0.05, 0.1) is 12.4 Å². The van der Waals surface area contributed by atoms with Gasteiger partial charge >= 0.3 is 0 Å². The van der Waals surface area contributed by atoms with E-state index in [1.54, 1.807) is 12.3 Å². The van der Waals surface area contributed by atoms with Crippen LogP contribution in [0, 0.1) is 0 Å². The van der Waals surface area contributed by atoms with E-state index in [4.69, 9.17) is 9.57 Å². The Bertz CT molecular complexity index is 892. The largest absolute Gasteiger partial charge is 0.350 e. The van der Waals surface area contributed by atoms with Crippen molar-refractivity contribution in [3.05, 3.63) is 78.4 Å². The first-order chi connectivity index (χ1) is 14.3. The molecule has 1 saturated heterocycles. The molecule has 1 aromatic heterocycles. The third-order valence-corrected chi connectivity index (χ3v) is 5.09. The lowest BCUT2D eigenvalue weighted by Crippen LogP contribution is -2.32. The molecule has 6 heteroatoms. The number of hydroxylamine groups is 1. The monoisotopic (exact) mass is 391 g/mol. The van der Waals surface area contributed by atoms with Crippen LogP contribution in [-0.4, -0.2) is 28.4 Å². The fourth-order valence-corrected chi connectivity index (χ4v) is 3.43. The van der Waals surface area contributed by atoms with Gasteiger partial charge in [0.1, 0.15) is 0 Å². The molecular formula is C23H25N3O3. The SMILES string of the molecule is O=C(/C=C/c1ccc(C2=CCC(n3ccnc3)C=C2)cc1)NOC1CCCCO1. The molecule has 2 atom stereocenters. The van der Waals surface area contributed by atoms with Crippen LogP contribution in [0.15, 0.2) is 67.3 Å². The predicted octanol–water partition coefficient (Wildman–Crippen LogP) is 4.06. The molecule has 2 aromatic rings. The molecule has 1 aromatic carbocycles. The van der Waals surface area contributed by atoms with Crippen LogP contribution in [0.1, 0.15) is 42.9 Å². The van der Waals surface area contributed by atoms with Crippen LogP contribution in [0.25, 0.3) is 11.6 Å². The second kappa shape index (κ2) is 9.49.